The zero-order chi connectivity index (χ0) is 21.6. The lowest BCUT2D eigenvalue weighted by Crippen LogP contribution is -2.35. The molecule has 0 saturated heterocycles. The van der Waals surface area contributed by atoms with Crippen LogP contribution in [0.4, 0.5) is 0 Å². The molecule has 158 valence electrons. The summed E-state index contributed by atoms with van der Waals surface area (Å²) in [6, 6.07) is 17.0. The maximum absolute atomic E-state index is 12.8. The molecule has 1 N–H and O–H groups in total. The van der Waals surface area contributed by atoms with E-state index in [2.05, 4.69) is 9.82 Å². The van der Waals surface area contributed by atoms with E-state index in [9.17, 15) is 13.2 Å². The van der Waals surface area contributed by atoms with E-state index in [0.29, 0.717) is 6.42 Å². The van der Waals surface area contributed by atoms with Crippen LogP contribution >= 0.6 is 0 Å². The van der Waals surface area contributed by atoms with Crippen LogP contribution in [0.3, 0.4) is 0 Å². The summed E-state index contributed by atoms with van der Waals surface area (Å²) >= 11 is 0. The van der Waals surface area contributed by atoms with Crippen molar-refractivity contribution in [1.29, 1.82) is 0 Å². The van der Waals surface area contributed by atoms with Gasteiger partial charge < -0.3 is 4.74 Å². The quantitative estimate of drug-likeness (QED) is 0.530. The molecular weight excluding hydrogens is 402 g/mol. The minimum Gasteiger partial charge on any atom is -0.466 e. The fraction of sp³-hybridized carbons (Fsp3) is 0.273. The van der Waals surface area contributed by atoms with Gasteiger partial charge in [-0.05, 0) is 38.0 Å². The van der Waals surface area contributed by atoms with Crippen molar-refractivity contribution >= 4 is 16.0 Å². The number of nitrogens with zero attached hydrogens (tertiary/aromatic N) is 2. The summed E-state index contributed by atoms with van der Waals surface area (Å²) in [7, 11) is -3.83. The molecule has 1 aromatic heterocycles. The van der Waals surface area contributed by atoms with E-state index < -0.39 is 21.9 Å². The van der Waals surface area contributed by atoms with Crippen molar-refractivity contribution in [3.05, 3.63) is 78.1 Å². The average molecular weight is 428 g/mol. The second-order valence-corrected chi connectivity index (χ2v) is 8.71. The van der Waals surface area contributed by atoms with E-state index in [1.165, 1.54) is 17.1 Å². The lowest BCUT2D eigenvalue weighted by Gasteiger charge is -2.16. The van der Waals surface area contributed by atoms with Gasteiger partial charge in [0.2, 0.25) is 10.0 Å². The van der Waals surface area contributed by atoms with E-state index in [4.69, 9.17) is 4.74 Å². The Bertz CT molecular complexity index is 1080. The number of nitrogens with one attached hydrogen (secondary N) is 1. The number of rotatable bonds is 9. The highest BCUT2D eigenvalue weighted by molar-refractivity contribution is 7.89. The first-order valence-electron chi connectivity index (χ1n) is 9.71. The van der Waals surface area contributed by atoms with Gasteiger partial charge in [-0.15, -0.1) is 0 Å². The summed E-state index contributed by atoms with van der Waals surface area (Å²) in [5.74, 6) is -1.06. The number of esters is 1. The summed E-state index contributed by atoms with van der Waals surface area (Å²) in [5, 5.41) is 4.15. The van der Waals surface area contributed by atoms with Crippen LogP contribution in [-0.2, 0) is 26.0 Å². The van der Waals surface area contributed by atoms with Gasteiger partial charge in [0.1, 0.15) is 4.90 Å². The summed E-state index contributed by atoms with van der Waals surface area (Å²) in [5.41, 5.74) is 2.79. The van der Waals surface area contributed by atoms with Crippen molar-refractivity contribution in [2.45, 2.75) is 25.2 Å². The van der Waals surface area contributed by atoms with Crippen molar-refractivity contribution in [2.75, 3.05) is 13.2 Å². The molecule has 1 atom stereocenters. The number of ether oxygens (including phenoxy) is 1. The van der Waals surface area contributed by atoms with Crippen LogP contribution in [0.25, 0.3) is 5.69 Å². The van der Waals surface area contributed by atoms with Gasteiger partial charge in [0.25, 0.3) is 0 Å². The largest absolute Gasteiger partial charge is 0.466 e. The summed E-state index contributed by atoms with van der Waals surface area (Å²) in [6.45, 7) is 3.87. The Morgan fingerprint density at radius 3 is 2.50 bits per heavy atom. The zero-order valence-corrected chi connectivity index (χ0v) is 17.8. The van der Waals surface area contributed by atoms with Gasteiger partial charge in [-0.1, -0.05) is 48.0 Å². The second-order valence-electron chi connectivity index (χ2n) is 6.95. The fourth-order valence-electron chi connectivity index (χ4n) is 2.97. The predicted octanol–water partition coefficient (Wildman–Crippen LogP) is 2.88. The number of carbonyl (C=O) groups is 1. The molecule has 8 heteroatoms. The molecule has 0 spiro atoms. The third-order valence-electron chi connectivity index (χ3n) is 4.63. The Labute approximate surface area is 176 Å². The van der Waals surface area contributed by atoms with Gasteiger partial charge in [-0.25, -0.2) is 17.8 Å². The molecule has 0 fully saturated rings. The molecule has 1 heterocycles. The molecule has 0 amide bonds. The van der Waals surface area contributed by atoms with Crippen LogP contribution in [-0.4, -0.2) is 37.3 Å². The first-order chi connectivity index (χ1) is 14.4. The molecule has 3 aromatic rings. The molecule has 1 unspecified atom stereocenters. The van der Waals surface area contributed by atoms with E-state index in [0.717, 1.165) is 16.8 Å². The first kappa shape index (κ1) is 21.7. The van der Waals surface area contributed by atoms with E-state index in [-0.39, 0.29) is 18.0 Å². The van der Waals surface area contributed by atoms with Crippen LogP contribution in [0.1, 0.15) is 18.1 Å². The van der Waals surface area contributed by atoms with Crippen LogP contribution in [0.15, 0.2) is 71.9 Å². The normalized spacial score (nSPS) is 12.5. The smallest absolute Gasteiger partial charge is 0.310 e. The molecule has 0 saturated carbocycles. The lowest BCUT2D eigenvalue weighted by molar-refractivity contribution is -0.147. The molecule has 0 bridgehead atoms. The summed E-state index contributed by atoms with van der Waals surface area (Å²) in [6.07, 6.45) is 3.12. The number of carbonyl (C=O) groups excluding carboxylic acids is 1. The molecule has 7 nitrogen and oxygen atoms in total. The van der Waals surface area contributed by atoms with E-state index >= 15 is 0 Å². The van der Waals surface area contributed by atoms with Gasteiger partial charge in [0, 0.05) is 6.54 Å². The number of benzene rings is 2. The number of aromatic nitrogens is 2. The minimum absolute atomic E-state index is 0.0328. The van der Waals surface area contributed by atoms with Gasteiger partial charge in [0.15, 0.2) is 0 Å². The number of sulfonamides is 1. The maximum atomic E-state index is 12.8. The SMILES string of the molecule is CCOC(=O)C(CNS(=O)(=O)c1cnn(-c2ccc(C)cc2)c1)Cc1ccccc1. The minimum atomic E-state index is -3.83. The van der Waals surface area contributed by atoms with Gasteiger partial charge in [-0.3, -0.25) is 4.79 Å². The molecule has 0 aliphatic heterocycles. The molecule has 3 rings (SSSR count). The first-order valence-corrected chi connectivity index (χ1v) is 11.2. The van der Waals surface area contributed by atoms with Crippen LogP contribution in [0.2, 0.25) is 0 Å². The summed E-state index contributed by atoms with van der Waals surface area (Å²) in [4.78, 5) is 12.4. The number of hydrogen-bond acceptors (Lipinski definition) is 5. The Morgan fingerprint density at radius 2 is 1.83 bits per heavy atom. The summed E-state index contributed by atoms with van der Waals surface area (Å²) < 4.78 is 34.7. The monoisotopic (exact) mass is 427 g/mol. The molecule has 0 aliphatic rings. The highest BCUT2D eigenvalue weighted by atomic mass is 32.2. The highest BCUT2D eigenvalue weighted by Gasteiger charge is 2.24. The number of hydrogen-bond donors (Lipinski definition) is 1. The van der Waals surface area contributed by atoms with Crippen LogP contribution < -0.4 is 4.72 Å². The standard InChI is InChI=1S/C22H25N3O4S/c1-3-29-22(26)19(13-18-7-5-4-6-8-18)14-24-30(27,28)21-15-23-25(16-21)20-11-9-17(2)10-12-20/h4-12,15-16,19,24H,3,13-14H2,1-2H3. The molecule has 2 aromatic carbocycles. The topological polar surface area (TPSA) is 90.3 Å². The van der Waals surface area contributed by atoms with Crippen LogP contribution in [0.5, 0.6) is 0 Å². The Hall–Kier alpha value is -2.97. The molecule has 0 radical (unpaired) electrons. The lowest BCUT2D eigenvalue weighted by atomic mass is 10.00. The second kappa shape index (κ2) is 9.69. The maximum Gasteiger partial charge on any atom is 0.310 e. The molecule has 30 heavy (non-hydrogen) atoms. The predicted molar refractivity (Wildman–Crippen MR) is 114 cm³/mol. The van der Waals surface area contributed by atoms with Gasteiger partial charge in [0.05, 0.1) is 30.6 Å². The van der Waals surface area contributed by atoms with Crippen molar-refractivity contribution < 1.29 is 17.9 Å². The van der Waals surface area contributed by atoms with Crippen molar-refractivity contribution in [3.8, 4) is 5.69 Å². The van der Waals surface area contributed by atoms with Gasteiger partial charge in [-0.2, -0.15) is 5.10 Å². The van der Waals surface area contributed by atoms with E-state index in [1.54, 1.807) is 6.92 Å². The van der Waals surface area contributed by atoms with Crippen molar-refractivity contribution in [1.82, 2.24) is 14.5 Å². The van der Waals surface area contributed by atoms with Gasteiger partial charge >= 0.3 is 5.97 Å². The zero-order valence-electron chi connectivity index (χ0n) is 17.0. The van der Waals surface area contributed by atoms with E-state index in [1.807, 2.05) is 61.5 Å². The van der Waals surface area contributed by atoms with Crippen molar-refractivity contribution in [2.24, 2.45) is 5.92 Å². The Kier molecular flexibility index (Phi) is 7.02. The third kappa shape index (κ3) is 5.55. The third-order valence-corrected chi connectivity index (χ3v) is 6.01. The Balaban J connectivity index is 1.72. The van der Waals surface area contributed by atoms with Crippen LogP contribution in [0, 0.1) is 12.8 Å². The number of aryl methyl sites for hydroxylation is 1. The highest BCUT2D eigenvalue weighted by Crippen LogP contribution is 2.15. The molecular formula is C22H25N3O4S. The average Bonchev–Trinajstić information content (AvgIpc) is 3.24. The molecule has 0 aliphatic carbocycles. The Morgan fingerprint density at radius 1 is 1.13 bits per heavy atom. The fourth-order valence-corrected chi connectivity index (χ4v) is 3.99. The van der Waals surface area contributed by atoms with Crippen molar-refractivity contribution in [3.63, 3.8) is 0 Å².